The lowest BCUT2D eigenvalue weighted by molar-refractivity contribution is -0.0253. The minimum Gasteiger partial charge on any atom is -0.497 e. The van der Waals surface area contributed by atoms with E-state index in [1.54, 1.807) is 60.7 Å². The van der Waals surface area contributed by atoms with Gasteiger partial charge in [-0.25, -0.2) is 14.4 Å². The molecule has 0 fully saturated rings. The molecule has 3 aromatic carbocycles. The van der Waals surface area contributed by atoms with Crippen molar-refractivity contribution in [2.45, 2.75) is 6.10 Å². The number of hydrogen-bond donors (Lipinski definition) is 0. The molecule has 9 nitrogen and oxygen atoms in total. The summed E-state index contributed by atoms with van der Waals surface area (Å²) in [6, 6.07) is 18.9. The molecule has 0 aliphatic rings. The van der Waals surface area contributed by atoms with Gasteiger partial charge in [-0.2, -0.15) is 0 Å². The SMILES string of the molecule is COc1ccc(C(=O)OCC(COC(=O)c2ccc(OC)cc2)OC(=O)c2ccc(OC)cc2)cc1. The van der Waals surface area contributed by atoms with Crippen LogP contribution in [0.15, 0.2) is 72.8 Å². The van der Waals surface area contributed by atoms with E-state index in [0.29, 0.717) is 17.2 Å². The number of benzene rings is 3. The van der Waals surface area contributed by atoms with Gasteiger partial charge in [-0.15, -0.1) is 0 Å². The number of carbonyl (C=O) groups excluding carboxylic acids is 3. The molecule has 0 radical (unpaired) electrons. The van der Waals surface area contributed by atoms with Gasteiger partial charge in [-0.1, -0.05) is 0 Å². The van der Waals surface area contributed by atoms with Crippen molar-refractivity contribution in [1.82, 2.24) is 0 Å². The zero-order valence-corrected chi connectivity index (χ0v) is 20.1. The van der Waals surface area contributed by atoms with Crippen LogP contribution in [-0.2, 0) is 14.2 Å². The first-order valence-electron chi connectivity index (χ1n) is 10.9. The van der Waals surface area contributed by atoms with Gasteiger partial charge < -0.3 is 28.4 Å². The number of hydrogen-bond acceptors (Lipinski definition) is 9. The summed E-state index contributed by atoms with van der Waals surface area (Å²) in [6.45, 7) is -0.661. The molecule has 0 atom stereocenters. The third-order valence-corrected chi connectivity index (χ3v) is 5.05. The van der Waals surface area contributed by atoms with Crippen molar-refractivity contribution >= 4 is 17.9 Å². The van der Waals surface area contributed by atoms with Gasteiger partial charge >= 0.3 is 17.9 Å². The van der Waals surface area contributed by atoms with Crippen molar-refractivity contribution < 1.29 is 42.8 Å². The number of methoxy groups -OCH3 is 3. The van der Waals surface area contributed by atoms with Crippen molar-refractivity contribution in [1.29, 1.82) is 0 Å². The first kappa shape index (κ1) is 26.1. The smallest absolute Gasteiger partial charge is 0.338 e. The van der Waals surface area contributed by atoms with Crippen LogP contribution in [0.3, 0.4) is 0 Å². The predicted octanol–water partition coefficient (Wildman–Crippen LogP) is 3.95. The first-order valence-corrected chi connectivity index (χ1v) is 10.9. The van der Waals surface area contributed by atoms with Gasteiger partial charge in [0.15, 0.2) is 6.10 Å². The maximum atomic E-state index is 12.7. The number of ether oxygens (including phenoxy) is 6. The van der Waals surface area contributed by atoms with Gasteiger partial charge in [0, 0.05) is 0 Å². The van der Waals surface area contributed by atoms with E-state index in [-0.39, 0.29) is 29.9 Å². The van der Waals surface area contributed by atoms with Crippen LogP contribution in [0.4, 0.5) is 0 Å². The number of rotatable bonds is 11. The molecule has 0 aliphatic carbocycles. The monoisotopic (exact) mass is 494 g/mol. The Kier molecular flexibility index (Phi) is 9.27. The fourth-order valence-corrected chi connectivity index (χ4v) is 3.02. The highest BCUT2D eigenvalue weighted by Gasteiger charge is 2.22. The summed E-state index contributed by atoms with van der Waals surface area (Å²) in [4.78, 5) is 37.6. The Morgan fingerprint density at radius 3 is 1.14 bits per heavy atom. The molecule has 0 heterocycles. The van der Waals surface area contributed by atoms with Gasteiger partial charge in [0.2, 0.25) is 0 Å². The Hall–Kier alpha value is -4.53. The molecule has 0 aromatic heterocycles. The zero-order valence-electron chi connectivity index (χ0n) is 20.1. The molecule has 188 valence electrons. The zero-order chi connectivity index (χ0) is 25.9. The van der Waals surface area contributed by atoms with Crippen LogP contribution in [0.1, 0.15) is 31.1 Å². The van der Waals surface area contributed by atoms with Crippen LogP contribution in [0.25, 0.3) is 0 Å². The van der Waals surface area contributed by atoms with E-state index in [9.17, 15) is 14.4 Å². The average Bonchev–Trinajstić information content (AvgIpc) is 2.94. The largest absolute Gasteiger partial charge is 0.497 e. The third kappa shape index (κ3) is 7.23. The Balaban J connectivity index is 1.66. The Labute approximate surface area is 208 Å². The van der Waals surface area contributed by atoms with Crippen molar-refractivity contribution in [3.63, 3.8) is 0 Å². The molecule has 0 saturated heterocycles. The maximum absolute atomic E-state index is 12.7. The standard InChI is InChI=1S/C27H26O9/c1-31-21-10-4-18(5-11-21)25(28)34-16-24(36-27(30)20-8-14-23(33-3)15-9-20)17-35-26(29)19-6-12-22(32-2)13-7-19/h4-15,24H,16-17H2,1-3H3. The summed E-state index contributed by atoms with van der Waals surface area (Å²) in [5.41, 5.74) is 0.821. The molecule has 0 aliphatic heterocycles. The summed E-state index contributed by atoms with van der Waals surface area (Å²) in [5, 5.41) is 0. The summed E-state index contributed by atoms with van der Waals surface area (Å²) < 4.78 is 31.4. The van der Waals surface area contributed by atoms with E-state index in [1.165, 1.54) is 33.5 Å². The van der Waals surface area contributed by atoms with Gasteiger partial charge in [0.1, 0.15) is 30.5 Å². The molecular formula is C27H26O9. The van der Waals surface area contributed by atoms with E-state index in [4.69, 9.17) is 28.4 Å². The lowest BCUT2D eigenvalue weighted by Crippen LogP contribution is -2.31. The fourth-order valence-electron chi connectivity index (χ4n) is 3.02. The summed E-state index contributed by atoms with van der Waals surface area (Å²) in [5.74, 6) is -0.200. The van der Waals surface area contributed by atoms with Gasteiger partial charge in [-0.05, 0) is 72.8 Å². The Morgan fingerprint density at radius 2 is 0.833 bits per heavy atom. The molecule has 9 heteroatoms. The highest BCUT2D eigenvalue weighted by Crippen LogP contribution is 2.16. The molecule has 3 aromatic rings. The first-order chi connectivity index (χ1) is 17.4. The van der Waals surface area contributed by atoms with Crippen LogP contribution in [0, 0.1) is 0 Å². The normalized spacial score (nSPS) is 10.3. The number of esters is 3. The Morgan fingerprint density at radius 1 is 0.528 bits per heavy atom. The Bertz CT molecular complexity index is 1090. The minimum absolute atomic E-state index is 0.253. The minimum atomic E-state index is -1.05. The quantitative estimate of drug-likeness (QED) is 0.289. The third-order valence-electron chi connectivity index (χ3n) is 5.05. The predicted molar refractivity (Wildman–Crippen MR) is 129 cm³/mol. The van der Waals surface area contributed by atoms with Gasteiger partial charge in [0.25, 0.3) is 0 Å². The van der Waals surface area contributed by atoms with Crippen molar-refractivity contribution in [2.24, 2.45) is 0 Å². The maximum Gasteiger partial charge on any atom is 0.338 e. The lowest BCUT2D eigenvalue weighted by atomic mass is 10.2. The van der Waals surface area contributed by atoms with Crippen LogP contribution in [0.2, 0.25) is 0 Å². The van der Waals surface area contributed by atoms with Gasteiger partial charge in [-0.3, -0.25) is 0 Å². The van der Waals surface area contributed by atoms with Crippen LogP contribution < -0.4 is 14.2 Å². The van der Waals surface area contributed by atoms with E-state index < -0.39 is 24.0 Å². The molecule has 0 unspecified atom stereocenters. The molecule has 0 N–H and O–H groups in total. The molecule has 0 spiro atoms. The molecule has 0 bridgehead atoms. The van der Waals surface area contributed by atoms with Crippen molar-refractivity contribution in [2.75, 3.05) is 34.5 Å². The molecule has 0 amide bonds. The lowest BCUT2D eigenvalue weighted by Gasteiger charge is -2.18. The second kappa shape index (κ2) is 12.8. The highest BCUT2D eigenvalue weighted by molar-refractivity contribution is 5.91. The fraction of sp³-hybridized carbons (Fsp3) is 0.222. The second-order valence-corrected chi connectivity index (χ2v) is 7.41. The summed E-state index contributed by atoms with van der Waals surface area (Å²) in [7, 11) is 4.54. The van der Waals surface area contributed by atoms with E-state index in [1.807, 2.05) is 0 Å². The molecular weight excluding hydrogens is 468 g/mol. The van der Waals surface area contributed by atoms with Gasteiger partial charge in [0.05, 0.1) is 38.0 Å². The van der Waals surface area contributed by atoms with Crippen molar-refractivity contribution in [3.8, 4) is 17.2 Å². The molecule has 36 heavy (non-hydrogen) atoms. The number of carbonyl (C=O) groups is 3. The molecule has 0 saturated carbocycles. The van der Waals surface area contributed by atoms with Crippen LogP contribution >= 0.6 is 0 Å². The van der Waals surface area contributed by atoms with Crippen molar-refractivity contribution in [3.05, 3.63) is 89.5 Å². The second-order valence-electron chi connectivity index (χ2n) is 7.41. The molecule has 3 rings (SSSR count). The van der Waals surface area contributed by atoms with E-state index in [2.05, 4.69) is 0 Å². The van der Waals surface area contributed by atoms with Crippen LogP contribution in [-0.4, -0.2) is 58.6 Å². The average molecular weight is 494 g/mol. The van der Waals surface area contributed by atoms with E-state index >= 15 is 0 Å². The van der Waals surface area contributed by atoms with E-state index in [0.717, 1.165) is 0 Å². The topological polar surface area (TPSA) is 107 Å². The van der Waals surface area contributed by atoms with Crippen LogP contribution in [0.5, 0.6) is 17.2 Å². The highest BCUT2D eigenvalue weighted by atomic mass is 16.6. The summed E-state index contributed by atoms with van der Waals surface area (Å²) in [6.07, 6.45) is -1.05. The summed E-state index contributed by atoms with van der Waals surface area (Å²) >= 11 is 0.